The Morgan fingerprint density at radius 1 is 1.18 bits per heavy atom. The van der Waals surface area contributed by atoms with Crippen LogP contribution >= 0.6 is 11.8 Å². The zero-order chi connectivity index (χ0) is 15.8. The molecule has 1 atom stereocenters. The highest BCUT2D eigenvalue weighted by Crippen LogP contribution is 2.21. The third-order valence-electron chi connectivity index (χ3n) is 3.12. The second-order valence-electron chi connectivity index (χ2n) is 4.89. The molecule has 2 aromatic rings. The fourth-order valence-electron chi connectivity index (χ4n) is 1.95. The molecule has 0 saturated carbocycles. The number of amides is 1. The van der Waals surface area contributed by atoms with Crippen molar-refractivity contribution in [3.63, 3.8) is 0 Å². The van der Waals surface area contributed by atoms with Gasteiger partial charge in [0.2, 0.25) is 5.91 Å². The zero-order valence-electron chi connectivity index (χ0n) is 12.9. The summed E-state index contributed by atoms with van der Waals surface area (Å²) in [5.41, 5.74) is 1.99. The Kier molecular flexibility index (Phi) is 6.34. The summed E-state index contributed by atoms with van der Waals surface area (Å²) in [6, 6.07) is 17.6. The second-order valence-corrected chi connectivity index (χ2v) is 6.22. The molecule has 116 valence electrons. The Balaban J connectivity index is 1.87. The third kappa shape index (κ3) is 5.11. The molecule has 2 aromatic carbocycles. The van der Waals surface area contributed by atoms with Crippen molar-refractivity contribution in [1.82, 2.24) is 0 Å². The summed E-state index contributed by atoms with van der Waals surface area (Å²) in [6.45, 7) is 4.48. The van der Waals surface area contributed by atoms with E-state index in [2.05, 4.69) is 17.4 Å². The lowest BCUT2D eigenvalue weighted by Gasteiger charge is -2.13. The summed E-state index contributed by atoms with van der Waals surface area (Å²) in [5, 5.41) is 2.82. The standard InChI is InChI=1S/C18H21NO2S/c1-3-21-17-11-7-10-16(12-17)19-18(20)14(2)22-13-15-8-5-4-6-9-15/h4-12,14H,3,13H2,1-2H3,(H,19,20). The van der Waals surface area contributed by atoms with Crippen LogP contribution in [-0.2, 0) is 10.5 Å². The smallest absolute Gasteiger partial charge is 0.237 e. The van der Waals surface area contributed by atoms with Crippen LogP contribution in [0.25, 0.3) is 0 Å². The second kappa shape index (κ2) is 8.49. The van der Waals surface area contributed by atoms with E-state index < -0.39 is 0 Å². The summed E-state index contributed by atoms with van der Waals surface area (Å²) in [7, 11) is 0. The number of carbonyl (C=O) groups is 1. The number of hydrogen-bond acceptors (Lipinski definition) is 3. The number of ether oxygens (including phenoxy) is 1. The lowest BCUT2D eigenvalue weighted by atomic mass is 10.2. The van der Waals surface area contributed by atoms with Crippen LogP contribution in [0, 0.1) is 0 Å². The largest absolute Gasteiger partial charge is 0.494 e. The fraction of sp³-hybridized carbons (Fsp3) is 0.278. The van der Waals surface area contributed by atoms with Gasteiger partial charge in [0.15, 0.2) is 0 Å². The molecule has 0 heterocycles. The fourth-order valence-corrected chi connectivity index (χ4v) is 2.79. The van der Waals surface area contributed by atoms with Crippen LogP contribution < -0.4 is 10.1 Å². The van der Waals surface area contributed by atoms with Crippen molar-refractivity contribution in [1.29, 1.82) is 0 Å². The van der Waals surface area contributed by atoms with E-state index in [4.69, 9.17) is 4.74 Å². The molecule has 0 bridgehead atoms. The maximum absolute atomic E-state index is 12.2. The van der Waals surface area contributed by atoms with Crippen molar-refractivity contribution in [3.8, 4) is 5.75 Å². The molecule has 0 aromatic heterocycles. The average Bonchev–Trinajstić information content (AvgIpc) is 2.54. The summed E-state index contributed by atoms with van der Waals surface area (Å²) in [5.74, 6) is 1.61. The van der Waals surface area contributed by atoms with Gasteiger partial charge in [-0.05, 0) is 31.5 Å². The molecule has 0 aliphatic carbocycles. The van der Waals surface area contributed by atoms with E-state index in [-0.39, 0.29) is 11.2 Å². The molecular weight excluding hydrogens is 294 g/mol. The van der Waals surface area contributed by atoms with Crippen LogP contribution in [0.2, 0.25) is 0 Å². The topological polar surface area (TPSA) is 38.3 Å². The lowest BCUT2D eigenvalue weighted by Crippen LogP contribution is -2.22. The molecule has 0 saturated heterocycles. The van der Waals surface area contributed by atoms with Crippen molar-refractivity contribution in [2.75, 3.05) is 11.9 Å². The quantitative estimate of drug-likeness (QED) is 0.825. The molecular formula is C18H21NO2S. The van der Waals surface area contributed by atoms with Crippen LogP contribution in [0.4, 0.5) is 5.69 Å². The molecule has 0 aliphatic rings. The van der Waals surface area contributed by atoms with Gasteiger partial charge in [-0.1, -0.05) is 36.4 Å². The number of hydrogen-bond donors (Lipinski definition) is 1. The minimum atomic E-state index is -0.115. The molecule has 1 amide bonds. The number of thioether (sulfide) groups is 1. The van der Waals surface area contributed by atoms with Gasteiger partial charge in [0.1, 0.15) is 5.75 Å². The van der Waals surface area contributed by atoms with E-state index in [1.165, 1.54) is 5.56 Å². The van der Waals surface area contributed by atoms with E-state index in [1.54, 1.807) is 11.8 Å². The van der Waals surface area contributed by atoms with Gasteiger partial charge in [-0.2, -0.15) is 0 Å². The average molecular weight is 315 g/mol. The molecule has 0 fully saturated rings. The van der Waals surface area contributed by atoms with E-state index in [1.807, 2.05) is 56.3 Å². The molecule has 4 heteroatoms. The van der Waals surface area contributed by atoms with Crippen LogP contribution in [-0.4, -0.2) is 17.8 Å². The van der Waals surface area contributed by atoms with Gasteiger partial charge in [0.25, 0.3) is 0 Å². The van der Waals surface area contributed by atoms with Crippen molar-refractivity contribution < 1.29 is 9.53 Å². The summed E-state index contributed by atoms with van der Waals surface area (Å²) < 4.78 is 5.44. The van der Waals surface area contributed by atoms with Gasteiger partial charge in [0, 0.05) is 17.5 Å². The van der Waals surface area contributed by atoms with E-state index >= 15 is 0 Å². The maximum Gasteiger partial charge on any atom is 0.237 e. The number of carbonyl (C=O) groups excluding carboxylic acids is 1. The Bertz CT molecular complexity index is 601. The van der Waals surface area contributed by atoms with Crippen molar-refractivity contribution in [2.24, 2.45) is 0 Å². The first-order chi connectivity index (χ1) is 10.7. The predicted octanol–water partition coefficient (Wildman–Crippen LogP) is 4.35. The van der Waals surface area contributed by atoms with Gasteiger partial charge in [-0.15, -0.1) is 11.8 Å². The van der Waals surface area contributed by atoms with Crippen LogP contribution in [0.15, 0.2) is 54.6 Å². The van der Waals surface area contributed by atoms with Gasteiger partial charge < -0.3 is 10.1 Å². The van der Waals surface area contributed by atoms with Gasteiger partial charge in [-0.25, -0.2) is 0 Å². The predicted molar refractivity (Wildman–Crippen MR) is 93.4 cm³/mol. The Labute approximate surface area is 136 Å². The Hall–Kier alpha value is -1.94. The highest BCUT2D eigenvalue weighted by molar-refractivity contribution is 7.99. The Morgan fingerprint density at radius 2 is 1.95 bits per heavy atom. The number of nitrogens with one attached hydrogen (secondary N) is 1. The first-order valence-corrected chi connectivity index (χ1v) is 8.43. The molecule has 0 aliphatic heterocycles. The summed E-state index contributed by atoms with van der Waals surface area (Å²) >= 11 is 1.63. The van der Waals surface area contributed by atoms with Crippen molar-refractivity contribution >= 4 is 23.4 Å². The summed E-state index contributed by atoms with van der Waals surface area (Å²) in [4.78, 5) is 12.2. The van der Waals surface area contributed by atoms with Crippen LogP contribution in [0.5, 0.6) is 5.75 Å². The highest BCUT2D eigenvalue weighted by Gasteiger charge is 2.13. The zero-order valence-corrected chi connectivity index (χ0v) is 13.7. The van der Waals surface area contributed by atoms with E-state index in [9.17, 15) is 4.79 Å². The monoisotopic (exact) mass is 315 g/mol. The molecule has 1 unspecified atom stereocenters. The minimum absolute atomic E-state index is 0.00887. The minimum Gasteiger partial charge on any atom is -0.494 e. The third-order valence-corrected chi connectivity index (χ3v) is 4.34. The molecule has 3 nitrogen and oxygen atoms in total. The number of rotatable bonds is 7. The highest BCUT2D eigenvalue weighted by atomic mass is 32.2. The molecule has 0 spiro atoms. The Morgan fingerprint density at radius 3 is 2.68 bits per heavy atom. The van der Waals surface area contributed by atoms with Gasteiger partial charge in [0.05, 0.1) is 11.9 Å². The van der Waals surface area contributed by atoms with Gasteiger partial charge >= 0.3 is 0 Å². The molecule has 2 rings (SSSR count). The number of benzene rings is 2. The SMILES string of the molecule is CCOc1cccc(NC(=O)C(C)SCc2ccccc2)c1. The molecule has 1 N–H and O–H groups in total. The molecule has 0 radical (unpaired) electrons. The van der Waals surface area contributed by atoms with Crippen LogP contribution in [0.1, 0.15) is 19.4 Å². The lowest BCUT2D eigenvalue weighted by molar-refractivity contribution is -0.115. The first-order valence-electron chi connectivity index (χ1n) is 7.38. The van der Waals surface area contributed by atoms with Gasteiger partial charge in [-0.3, -0.25) is 4.79 Å². The van der Waals surface area contributed by atoms with E-state index in [0.29, 0.717) is 6.61 Å². The van der Waals surface area contributed by atoms with E-state index in [0.717, 1.165) is 17.2 Å². The summed E-state index contributed by atoms with van der Waals surface area (Å²) in [6.07, 6.45) is 0. The first kappa shape index (κ1) is 16.4. The van der Waals surface area contributed by atoms with Crippen molar-refractivity contribution in [3.05, 3.63) is 60.2 Å². The molecule has 22 heavy (non-hydrogen) atoms. The maximum atomic E-state index is 12.2. The number of anilines is 1. The normalized spacial score (nSPS) is 11.7. The van der Waals surface area contributed by atoms with Crippen molar-refractivity contribution in [2.45, 2.75) is 24.9 Å². The van der Waals surface area contributed by atoms with Crippen LogP contribution in [0.3, 0.4) is 0 Å².